The van der Waals surface area contributed by atoms with Crippen LogP contribution in [0.2, 0.25) is 5.02 Å². The molecule has 0 bridgehead atoms. The van der Waals surface area contributed by atoms with E-state index in [2.05, 4.69) is 10.1 Å². The summed E-state index contributed by atoms with van der Waals surface area (Å²) in [4.78, 5) is 20.2. The Kier molecular flexibility index (Phi) is 7.09. The fourth-order valence-corrected chi connectivity index (χ4v) is 4.81. The molecule has 0 radical (unpaired) electrons. The Morgan fingerprint density at radius 1 is 1.29 bits per heavy atom. The first-order valence-corrected chi connectivity index (χ1v) is 12.2. The number of carbonyl (C=O) groups excluding carboxylic acids is 1. The third kappa shape index (κ3) is 5.60. The van der Waals surface area contributed by atoms with Crippen LogP contribution in [0.4, 0.5) is 0 Å². The predicted octanol–water partition coefficient (Wildman–Crippen LogP) is 3.96. The van der Waals surface area contributed by atoms with Crippen molar-refractivity contribution in [2.75, 3.05) is 20.3 Å². The summed E-state index contributed by atoms with van der Waals surface area (Å²) in [6, 6.07) is 9.44. The number of amides is 1. The maximum absolute atomic E-state index is 13.7. The number of methoxy groups -OCH3 is 1. The molecule has 1 fully saturated rings. The van der Waals surface area contributed by atoms with Gasteiger partial charge in [-0.25, -0.2) is 9.50 Å². The number of morpholine rings is 1. The van der Waals surface area contributed by atoms with Gasteiger partial charge in [-0.05, 0) is 57.9 Å². The molecule has 2 atom stereocenters. The van der Waals surface area contributed by atoms with E-state index in [4.69, 9.17) is 21.1 Å². The van der Waals surface area contributed by atoms with Gasteiger partial charge in [0, 0.05) is 24.1 Å². The highest BCUT2D eigenvalue weighted by Crippen LogP contribution is 2.33. The topological polar surface area (TPSA) is 89.2 Å². The van der Waals surface area contributed by atoms with Gasteiger partial charge in [0.05, 0.1) is 43.1 Å². The number of aliphatic hydroxyl groups is 1. The molecular formula is C26H33ClN4O4. The van der Waals surface area contributed by atoms with Crippen molar-refractivity contribution in [2.24, 2.45) is 0 Å². The van der Waals surface area contributed by atoms with Crippen molar-refractivity contribution in [3.05, 3.63) is 58.5 Å². The minimum absolute atomic E-state index is 0.147. The largest absolute Gasteiger partial charge is 0.493 e. The highest BCUT2D eigenvalue weighted by atomic mass is 35.5. The van der Waals surface area contributed by atoms with E-state index in [0.29, 0.717) is 53.8 Å². The molecule has 35 heavy (non-hydrogen) atoms. The van der Waals surface area contributed by atoms with Crippen LogP contribution < -0.4 is 4.74 Å². The van der Waals surface area contributed by atoms with Crippen LogP contribution in [0.3, 0.4) is 0 Å². The van der Waals surface area contributed by atoms with Crippen LogP contribution in [-0.4, -0.2) is 68.0 Å². The van der Waals surface area contributed by atoms with E-state index in [0.717, 1.165) is 12.0 Å². The number of rotatable bonds is 7. The van der Waals surface area contributed by atoms with Crippen molar-refractivity contribution in [3.63, 3.8) is 0 Å². The first kappa shape index (κ1) is 25.4. The summed E-state index contributed by atoms with van der Waals surface area (Å²) in [5.41, 5.74) is 0.977. The molecule has 1 amide bonds. The number of aliphatic hydroxyl groups excluding tert-OH is 1. The van der Waals surface area contributed by atoms with Crippen LogP contribution in [0.5, 0.6) is 5.75 Å². The number of pyridine rings is 1. The average molecular weight is 501 g/mol. The number of ether oxygens (including phenoxy) is 2. The smallest absolute Gasteiger partial charge is 0.256 e. The molecule has 0 saturated carbocycles. The fraction of sp³-hybridized carbons (Fsp3) is 0.500. The summed E-state index contributed by atoms with van der Waals surface area (Å²) in [5, 5.41) is 15.3. The molecule has 188 valence electrons. The average Bonchev–Trinajstić information content (AvgIpc) is 3.21. The fourth-order valence-electron chi connectivity index (χ4n) is 4.60. The summed E-state index contributed by atoms with van der Waals surface area (Å²) in [6.45, 7) is 8.36. The van der Waals surface area contributed by atoms with Crippen molar-refractivity contribution in [3.8, 4) is 5.75 Å². The van der Waals surface area contributed by atoms with Gasteiger partial charge in [0.1, 0.15) is 0 Å². The van der Waals surface area contributed by atoms with E-state index in [1.807, 2.05) is 49.9 Å². The summed E-state index contributed by atoms with van der Waals surface area (Å²) in [7, 11) is 1.56. The van der Waals surface area contributed by atoms with Gasteiger partial charge in [-0.1, -0.05) is 23.7 Å². The second-order valence-electron chi connectivity index (χ2n) is 10.2. The van der Waals surface area contributed by atoms with Crippen molar-refractivity contribution in [2.45, 2.75) is 64.2 Å². The second-order valence-corrected chi connectivity index (χ2v) is 10.7. The second kappa shape index (κ2) is 9.76. The van der Waals surface area contributed by atoms with E-state index < -0.39 is 17.2 Å². The standard InChI is InChI=1S/C26H33ClN4O4/c1-17(32)13-26(4)15-30(25(2,3)16-35-26)24(33)19-12-21(34-5)23-28-22(29-31(23)14-19)10-9-18-7-6-8-20(27)11-18/h6-8,11-12,14,17,32H,9-10,13,15-16H2,1-5H3. The lowest BCUT2D eigenvalue weighted by atomic mass is 9.90. The Hall–Kier alpha value is -2.68. The lowest BCUT2D eigenvalue weighted by molar-refractivity contribution is -0.150. The van der Waals surface area contributed by atoms with Crippen molar-refractivity contribution >= 4 is 23.2 Å². The van der Waals surface area contributed by atoms with Gasteiger partial charge >= 0.3 is 0 Å². The number of halogens is 1. The van der Waals surface area contributed by atoms with Crippen LogP contribution >= 0.6 is 11.6 Å². The molecule has 3 aromatic rings. The zero-order valence-electron chi connectivity index (χ0n) is 20.9. The Bertz CT molecular complexity index is 1230. The molecule has 0 aliphatic carbocycles. The summed E-state index contributed by atoms with van der Waals surface area (Å²) in [6.07, 6.45) is 2.98. The van der Waals surface area contributed by atoms with E-state index >= 15 is 0 Å². The van der Waals surface area contributed by atoms with Gasteiger partial charge in [0.25, 0.3) is 5.91 Å². The molecule has 1 aromatic carbocycles. The van der Waals surface area contributed by atoms with Crippen molar-refractivity contribution in [1.82, 2.24) is 19.5 Å². The van der Waals surface area contributed by atoms with Gasteiger partial charge < -0.3 is 19.5 Å². The highest BCUT2D eigenvalue weighted by molar-refractivity contribution is 6.30. The predicted molar refractivity (Wildman–Crippen MR) is 134 cm³/mol. The molecule has 1 N–H and O–H groups in total. The molecule has 1 aliphatic rings. The molecular weight excluding hydrogens is 468 g/mol. The molecule has 4 rings (SSSR count). The monoisotopic (exact) mass is 500 g/mol. The van der Waals surface area contributed by atoms with E-state index in [1.165, 1.54) is 0 Å². The molecule has 1 saturated heterocycles. The number of aryl methyl sites for hydroxylation is 2. The zero-order chi connectivity index (χ0) is 25.4. The number of nitrogens with zero attached hydrogens (tertiary/aromatic N) is 4. The van der Waals surface area contributed by atoms with E-state index in [1.54, 1.807) is 30.8 Å². The number of hydrogen-bond donors (Lipinski definition) is 1. The lowest BCUT2D eigenvalue weighted by Gasteiger charge is -2.50. The molecule has 0 spiro atoms. The van der Waals surface area contributed by atoms with Gasteiger partial charge in [-0.3, -0.25) is 4.79 Å². The molecule has 8 nitrogen and oxygen atoms in total. The van der Waals surface area contributed by atoms with Gasteiger partial charge in [0.2, 0.25) is 0 Å². The summed E-state index contributed by atoms with van der Waals surface area (Å²) in [5.74, 6) is 0.991. The van der Waals surface area contributed by atoms with E-state index in [-0.39, 0.29) is 5.91 Å². The normalized spacial score (nSPS) is 20.7. The van der Waals surface area contributed by atoms with Crippen molar-refractivity contribution in [1.29, 1.82) is 0 Å². The highest BCUT2D eigenvalue weighted by Gasteiger charge is 2.44. The van der Waals surface area contributed by atoms with Crippen LogP contribution in [-0.2, 0) is 17.6 Å². The van der Waals surface area contributed by atoms with Crippen LogP contribution in [0.15, 0.2) is 36.5 Å². The minimum Gasteiger partial charge on any atom is -0.493 e. The van der Waals surface area contributed by atoms with E-state index in [9.17, 15) is 9.90 Å². The summed E-state index contributed by atoms with van der Waals surface area (Å²) < 4.78 is 13.3. The number of hydrogen-bond acceptors (Lipinski definition) is 6. The maximum Gasteiger partial charge on any atom is 0.256 e. The van der Waals surface area contributed by atoms with Crippen LogP contribution in [0.1, 0.15) is 55.9 Å². The quantitative estimate of drug-likeness (QED) is 0.528. The Morgan fingerprint density at radius 3 is 2.74 bits per heavy atom. The number of fused-ring (bicyclic) bond motifs is 1. The Balaban J connectivity index is 1.61. The minimum atomic E-state index is -0.631. The molecule has 9 heteroatoms. The molecule has 2 aromatic heterocycles. The Morgan fingerprint density at radius 2 is 2.06 bits per heavy atom. The number of carbonyl (C=O) groups is 1. The summed E-state index contributed by atoms with van der Waals surface area (Å²) >= 11 is 6.10. The molecule has 3 heterocycles. The van der Waals surface area contributed by atoms with Crippen LogP contribution in [0.25, 0.3) is 5.65 Å². The SMILES string of the molecule is COc1cc(C(=O)N2CC(C)(CC(C)O)OCC2(C)C)cn2nc(CCc3cccc(Cl)c3)nc12. The lowest BCUT2D eigenvalue weighted by Crippen LogP contribution is -2.62. The third-order valence-corrected chi connectivity index (χ3v) is 6.64. The number of aromatic nitrogens is 3. The number of benzene rings is 1. The van der Waals surface area contributed by atoms with Gasteiger partial charge in [-0.2, -0.15) is 5.10 Å². The van der Waals surface area contributed by atoms with Crippen molar-refractivity contribution < 1.29 is 19.4 Å². The van der Waals surface area contributed by atoms with Crippen LogP contribution in [0, 0.1) is 0 Å². The molecule has 2 unspecified atom stereocenters. The first-order valence-electron chi connectivity index (χ1n) is 11.8. The zero-order valence-corrected chi connectivity index (χ0v) is 21.7. The molecule has 1 aliphatic heterocycles. The third-order valence-electron chi connectivity index (χ3n) is 6.41. The van der Waals surface area contributed by atoms with Gasteiger partial charge in [-0.15, -0.1) is 0 Å². The van der Waals surface area contributed by atoms with Gasteiger partial charge in [0.15, 0.2) is 17.2 Å². The first-order chi connectivity index (χ1) is 16.5. The maximum atomic E-state index is 13.7. The Labute approximate surface area is 210 Å².